The van der Waals surface area contributed by atoms with E-state index in [1.54, 1.807) is 20.3 Å². The molecular weight excluding hydrogens is 266 g/mol. The number of ether oxygens (including phenoxy) is 2. The van der Waals surface area contributed by atoms with Crippen LogP contribution >= 0.6 is 0 Å². The highest BCUT2D eigenvalue weighted by Crippen LogP contribution is 2.32. The van der Waals surface area contributed by atoms with Gasteiger partial charge in [0.2, 0.25) is 0 Å². The maximum Gasteiger partial charge on any atom is 0.161 e. The molecule has 0 atom stereocenters. The molecule has 1 aromatic heterocycles. The van der Waals surface area contributed by atoms with Gasteiger partial charge in [0.25, 0.3) is 0 Å². The summed E-state index contributed by atoms with van der Waals surface area (Å²) in [6, 6.07) is 11.3. The quantitative estimate of drug-likeness (QED) is 0.913. The van der Waals surface area contributed by atoms with Gasteiger partial charge in [-0.3, -0.25) is 0 Å². The van der Waals surface area contributed by atoms with E-state index in [4.69, 9.17) is 14.7 Å². The topological polar surface area (TPSA) is 67.2 Å². The third kappa shape index (κ3) is 3.06. The Labute approximate surface area is 124 Å². The SMILES string of the molecule is CCNc1nc(-c2ccc(OC)c(OC)c2)ccc1C#N. The van der Waals surface area contributed by atoms with Crippen LogP contribution < -0.4 is 14.8 Å². The molecule has 21 heavy (non-hydrogen) atoms. The van der Waals surface area contributed by atoms with Gasteiger partial charge in [-0.15, -0.1) is 0 Å². The van der Waals surface area contributed by atoms with Gasteiger partial charge in [-0.05, 0) is 37.3 Å². The van der Waals surface area contributed by atoms with Crippen LogP contribution in [0.15, 0.2) is 30.3 Å². The summed E-state index contributed by atoms with van der Waals surface area (Å²) in [5.74, 6) is 1.90. The summed E-state index contributed by atoms with van der Waals surface area (Å²) >= 11 is 0. The smallest absolute Gasteiger partial charge is 0.161 e. The molecule has 0 saturated carbocycles. The molecule has 0 amide bonds. The molecule has 0 unspecified atom stereocenters. The summed E-state index contributed by atoms with van der Waals surface area (Å²) in [7, 11) is 3.19. The fraction of sp³-hybridized carbons (Fsp3) is 0.250. The van der Waals surface area contributed by atoms with E-state index in [9.17, 15) is 0 Å². The number of rotatable bonds is 5. The van der Waals surface area contributed by atoms with Crippen LogP contribution in [0.4, 0.5) is 5.82 Å². The first-order chi connectivity index (χ1) is 10.2. The second-order valence-electron chi connectivity index (χ2n) is 4.30. The minimum absolute atomic E-state index is 0.529. The van der Waals surface area contributed by atoms with Gasteiger partial charge < -0.3 is 14.8 Å². The first kappa shape index (κ1) is 14.7. The molecule has 1 aromatic carbocycles. The third-order valence-corrected chi connectivity index (χ3v) is 3.04. The molecule has 0 spiro atoms. The highest BCUT2D eigenvalue weighted by Gasteiger charge is 2.10. The lowest BCUT2D eigenvalue weighted by molar-refractivity contribution is 0.355. The minimum Gasteiger partial charge on any atom is -0.493 e. The molecule has 108 valence electrons. The molecule has 0 saturated heterocycles. The molecule has 1 heterocycles. The van der Waals surface area contributed by atoms with Crippen molar-refractivity contribution in [1.82, 2.24) is 4.98 Å². The van der Waals surface area contributed by atoms with Gasteiger partial charge in [-0.2, -0.15) is 5.26 Å². The highest BCUT2D eigenvalue weighted by atomic mass is 16.5. The average molecular weight is 283 g/mol. The van der Waals surface area contributed by atoms with Gasteiger partial charge in [-0.1, -0.05) is 0 Å². The van der Waals surface area contributed by atoms with Crippen molar-refractivity contribution in [3.05, 3.63) is 35.9 Å². The molecule has 5 nitrogen and oxygen atoms in total. The molecule has 5 heteroatoms. The molecular formula is C16H17N3O2. The maximum absolute atomic E-state index is 9.09. The first-order valence-electron chi connectivity index (χ1n) is 6.60. The summed E-state index contributed by atoms with van der Waals surface area (Å²) < 4.78 is 10.5. The van der Waals surface area contributed by atoms with Crippen LogP contribution in [0.3, 0.4) is 0 Å². The maximum atomic E-state index is 9.09. The van der Waals surface area contributed by atoms with E-state index in [2.05, 4.69) is 16.4 Å². The average Bonchev–Trinajstić information content (AvgIpc) is 2.54. The number of nitrogens with one attached hydrogen (secondary N) is 1. The molecule has 0 aliphatic heterocycles. The van der Waals surface area contributed by atoms with Crippen LogP contribution in [0, 0.1) is 11.3 Å². The summed E-state index contributed by atoms with van der Waals surface area (Å²) in [5, 5.41) is 12.2. The fourth-order valence-corrected chi connectivity index (χ4v) is 2.01. The van der Waals surface area contributed by atoms with Gasteiger partial charge in [-0.25, -0.2) is 4.98 Å². The number of hydrogen-bond acceptors (Lipinski definition) is 5. The molecule has 0 bridgehead atoms. The number of nitriles is 1. The van der Waals surface area contributed by atoms with Crippen molar-refractivity contribution in [3.63, 3.8) is 0 Å². The van der Waals surface area contributed by atoms with Crippen LogP contribution in [0.25, 0.3) is 11.3 Å². The lowest BCUT2D eigenvalue weighted by Crippen LogP contribution is -2.02. The number of aromatic nitrogens is 1. The normalized spacial score (nSPS) is 9.81. The summed E-state index contributed by atoms with van der Waals surface area (Å²) in [4.78, 5) is 4.50. The summed E-state index contributed by atoms with van der Waals surface area (Å²) in [5.41, 5.74) is 2.20. The Hall–Kier alpha value is -2.74. The molecule has 0 radical (unpaired) electrons. The number of pyridine rings is 1. The van der Waals surface area contributed by atoms with Crippen LogP contribution in [0.2, 0.25) is 0 Å². The van der Waals surface area contributed by atoms with Crippen molar-refractivity contribution in [3.8, 4) is 28.8 Å². The molecule has 0 fully saturated rings. The summed E-state index contributed by atoms with van der Waals surface area (Å²) in [6.45, 7) is 2.67. The van der Waals surface area contributed by atoms with Crippen LogP contribution in [0.1, 0.15) is 12.5 Å². The van der Waals surface area contributed by atoms with E-state index in [0.29, 0.717) is 29.4 Å². The molecule has 2 aromatic rings. The van der Waals surface area contributed by atoms with Crippen molar-refractivity contribution >= 4 is 5.82 Å². The zero-order chi connectivity index (χ0) is 15.2. The lowest BCUT2D eigenvalue weighted by atomic mass is 10.1. The van der Waals surface area contributed by atoms with Crippen molar-refractivity contribution in [2.45, 2.75) is 6.92 Å². The Morgan fingerprint density at radius 1 is 1.14 bits per heavy atom. The number of anilines is 1. The Kier molecular flexibility index (Phi) is 4.62. The molecule has 0 aliphatic rings. The molecule has 1 N–H and O–H groups in total. The minimum atomic E-state index is 0.529. The van der Waals surface area contributed by atoms with Gasteiger partial charge in [0.05, 0.1) is 25.5 Å². The summed E-state index contributed by atoms with van der Waals surface area (Å²) in [6.07, 6.45) is 0. The van der Waals surface area contributed by atoms with Crippen molar-refractivity contribution in [2.75, 3.05) is 26.1 Å². The number of methoxy groups -OCH3 is 2. The zero-order valence-corrected chi connectivity index (χ0v) is 12.3. The van der Waals surface area contributed by atoms with Gasteiger partial charge >= 0.3 is 0 Å². The molecule has 2 rings (SSSR count). The monoisotopic (exact) mass is 283 g/mol. The third-order valence-electron chi connectivity index (χ3n) is 3.04. The Bertz CT molecular complexity index is 678. The van der Waals surface area contributed by atoms with Gasteiger partial charge in [0.15, 0.2) is 11.5 Å². The molecule has 0 aliphatic carbocycles. The van der Waals surface area contributed by atoms with E-state index in [1.165, 1.54) is 0 Å². The van der Waals surface area contributed by atoms with Crippen LogP contribution in [0.5, 0.6) is 11.5 Å². The number of benzene rings is 1. The first-order valence-corrected chi connectivity index (χ1v) is 6.60. The lowest BCUT2D eigenvalue weighted by Gasteiger charge is -2.11. The Morgan fingerprint density at radius 2 is 1.90 bits per heavy atom. The van der Waals surface area contributed by atoms with E-state index in [1.807, 2.05) is 31.2 Å². The number of hydrogen-bond donors (Lipinski definition) is 1. The highest BCUT2D eigenvalue weighted by molar-refractivity contribution is 5.67. The van der Waals surface area contributed by atoms with Crippen LogP contribution in [-0.2, 0) is 0 Å². The predicted molar refractivity (Wildman–Crippen MR) is 81.7 cm³/mol. The second kappa shape index (κ2) is 6.62. The van der Waals surface area contributed by atoms with E-state index >= 15 is 0 Å². The Morgan fingerprint density at radius 3 is 2.52 bits per heavy atom. The predicted octanol–water partition coefficient (Wildman–Crippen LogP) is 3.07. The van der Waals surface area contributed by atoms with Gasteiger partial charge in [0.1, 0.15) is 11.9 Å². The second-order valence-corrected chi connectivity index (χ2v) is 4.30. The van der Waals surface area contributed by atoms with Crippen molar-refractivity contribution < 1.29 is 9.47 Å². The zero-order valence-electron chi connectivity index (χ0n) is 12.3. The van der Waals surface area contributed by atoms with E-state index in [0.717, 1.165) is 11.3 Å². The van der Waals surface area contributed by atoms with Gasteiger partial charge in [0, 0.05) is 12.1 Å². The van der Waals surface area contributed by atoms with E-state index < -0.39 is 0 Å². The Balaban J connectivity index is 2.47. The number of nitrogens with zero attached hydrogens (tertiary/aromatic N) is 2. The van der Waals surface area contributed by atoms with Crippen molar-refractivity contribution in [2.24, 2.45) is 0 Å². The largest absolute Gasteiger partial charge is 0.493 e. The standard InChI is InChI=1S/C16H17N3O2/c1-4-18-16-12(10-17)5-7-13(19-16)11-6-8-14(20-2)15(9-11)21-3/h5-9H,4H2,1-3H3,(H,18,19). The van der Waals surface area contributed by atoms with Crippen LogP contribution in [-0.4, -0.2) is 25.7 Å². The van der Waals surface area contributed by atoms with Crippen molar-refractivity contribution in [1.29, 1.82) is 5.26 Å². The fourth-order valence-electron chi connectivity index (χ4n) is 2.01. The van der Waals surface area contributed by atoms with E-state index in [-0.39, 0.29) is 0 Å².